The Balaban J connectivity index is 2.15. The van der Waals surface area contributed by atoms with E-state index in [0.29, 0.717) is 12.1 Å². The molecular weight excluding hydrogens is 261 g/mol. The maximum Gasteiger partial charge on any atom is 0.307 e. The molecule has 0 aliphatic heterocycles. The maximum absolute atomic E-state index is 13.7. The molecule has 0 radical (unpaired) electrons. The zero-order valence-electron chi connectivity index (χ0n) is 10.9. The van der Waals surface area contributed by atoms with Crippen molar-refractivity contribution in [1.82, 2.24) is 9.97 Å². The monoisotopic (exact) mass is 275 g/mol. The second-order valence-electron chi connectivity index (χ2n) is 4.31. The average Bonchev–Trinajstić information content (AvgIpc) is 2.41. The van der Waals surface area contributed by atoms with Crippen molar-refractivity contribution in [3.05, 3.63) is 53.2 Å². The predicted molar refractivity (Wildman–Crippen MR) is 71.8 cm³/mol. The van der Waals surface area contributed by atoms with E-state index in [-0.39, 0.29) is 17.9 Å². The molecule has 0 bridgehead atoms. The van der Waals surface area contributed by atoms with Crippen LogP contribution in [-0.4, -0.2) is 21.0 Å². The number of anilines is 1. The maximum atomic E-state index is 13.7. The van der Waals surface area contributed by atoms with Crippen molar-refractivity contribution in [2.75, 3.05) is 5.32 Å². The molecule has 20 heavy (non-hydrogen) atoms. The molecule has 2 aromatic rings. The van der Waals surface area contributed by atoms with Crippen molar-refractivity contribution >= 4 is 11.8 Å². The van der Waals surface area contributed by atoms with Gasteiger partial charge >= 0.3 is 5.97 Å². The lowest BCUT2D eigenvalue weighted by molar-refractivity contribution is -0.136. The van der Waals surface area contributed by atoms with Crippen LogP contribution in [0.15, 0.2) is 30.6 Å². The highest BCUT2D eigenvalue weighted by Gasteiger charge is 2.09. The number of nitrogens with zero attached hydrogens (tertiary/aromatic N) is 2. The molecule has 2 rings (SSSR count). The van der Waals surface area contributed by atoms with Crippen LogP contribution in [0.5, 0.6) is 0 Å². The standard InChI is InChI=1S/C14H14FN3O2/c1-9-13(15)14(18-8-17-9)16-7-11-5-3-2-4-10(11)6-12(19)20/h2-5,8H,6-7H2,1H3,(H,19,20)(H,16,17,18). The smallest absolute Gasteiger partial charge is 0.307 e. The number of rotatable bonds is 5. The van der Waals surface area contributed by atoms with Crippen molar-refractivity contribution < 1.29 is 14.3 Å². The van der Waals surface area contributed by atoms with Gasteiger partial charge in [-0.3, -0.25) is 4.79 Å². The number of hydrogen-bond acceptors (Lipinski definition) is 4. The Hall–Kier alpha value is -2.50. The molecule has 0 spiro atoms. The summed E-state index contributed by atoms with van der Waals surface area (Å²) in [6, 6.07) is 7.13. The first-order valence-corrected chi connectivity index (χ1v) is 6.07. The summed E-state index contributed by atoms with van der Waals surface area (Å²) in [6.07, 6.45) is 1.22. The SMILES string of the molecule is Cc1ncnc(NCc2ccccc2CC(=O)O)c1F. The summed E-state index contributed by atoms with van der Waals surface area (Å²) >= 11 is 0. The number of hydrogen-bond donors (Lipinski definition) is 2. The van der Waals surface area contributed by atoms with Crippen LogP contribution < -0.4 is 5.32 Å². The summed E-state index contributed by atoms with van der Waals surface area (Å²) in [6.45, 7) is 1.86. The number of benzene rings is 1. The summed E-state index contributed by atoms with van der Waals surface area (Å²) < 4.78 is 13.7. The molecule has 0 amide bonds. The molecule has 0 unspecified atom stereocenters. The van der Waals surface area contributed by atoms with E-state index in [1.807, 2.05) is 6.07 Å². The third kappa shape index (κ3) is 3.28. The van der Waals surface area contributed by atoms with Gasteiger partial charge in [0.05, 0.1) is 12.1 Å². The van der Waals surface area contributed by atoms with Crippen LogP contribution in [0.3, 0.4) is 0 Å². The molecule has 2 N–H and O–H groups in total. The van der Waals surface area contributed by atoms with Crippen molar-refractivity contribution in [2.24, 2.45) is 0 Å². The number of aromatic nitrogens is 2. The van der Waals surface area contributed by atoms with Crippen molar-refractivity contribution in [1.29, 1.82) is 0 Å². The zero-order chi connectivity index (χ0) is 14.5. The van der Waals surface area contributed by atoms with Gasteiger partial charge in [0.2, 0.25) is 0 Å². The average molecular weight is 275 g/mol. The minimum atomic E-state index is -0.901. The third-order valence-corrected chi connectivity index (χ3v) is 2.87. The van der Waals surface area contributed by atoms with Crippen molar-refractivity contribution in [2.45, 2.75) is 19.9 Å². The van der Waals surface area contributed by atoms with Crippen molar-refractivity contribution in [3.8, 4) is 0 Å². The lowest BCUT2D eigenvalue weighted by atomic mass is 10.0. The Labute approximate surface area is 115 Å². The first-order chi connectivity index (χ1) is 9.58. The Morgan fingerprint density at radius 2 is 2.00 bits per heavy atom. The van der Waals surface area contributed by atoms with Gasteiger partial charge in [0.15, 0.2) is 11.6 Å². The normalized spacial score (nSPS) is 10.3. The molecule has 0 aliphatic rings. The molecule has 0 atom stereocenters. The number of carbonyl (C=O) groups is 1. The van der Waals surface area contributed by atoms with Crippen LogP contribution in [0.1, 0.15) is 16.8 Å². The molecule has 1 heterocycles. The first-order valence-electron chi connectivity index (χ1n) is 6.07. The first kappa shape index (κ1) is 13.9. The van der Waals surface area contributed by atoms with Gasteiger partial charge in [0, 0.05) is 6.54 Å². The van der Waals surface area contributed by atoms with Crippen LogP contribution in [0.4, 0.5) is 10.2 Å². The van der Waals surface area contributed by atoms with Crippen LogP contribution >= 0.6 is 0 Å². The highest BCUT2D eigenvalue weighted by molar-refractivity contribution is 5.70. The number of nitrogens with one attached hydrogen (secondary N) is 1. The number of carboxylic acid groups (broad SMARTS) is 1. The van der Waals surface area contributed by atoms with Gasteiger partial charge in [0.1, 0.15) is 6.33 Å². The Kier molecular flexibility index (Phi) is 4.24. The zero-order valence-corrected chi connectivity index (χ0v) is 10.9. The van der Waals surface area contributed by atoms with Gasteiger partial charge in [-0.1, -0.05) is 24.3 Å². The second-order valence-corrected chi connectivity index (χ2v) is 4.31. The molecule has 0 saturated heterocycles. The van der Waals surface area contributed by atoms with E-state index in [4.69, 9.17) is 5.11 Å². The van der Waals surface area contributed by atoms with E-state index in [1.54, 1.807) is 25.1 Å². The lowest BCUT2D eigenvalue weighted by Gasteiger charge is -2.10. The number of aryl methyl sites for hydroxylation is 1. The molecule has 1 aromatic heterocycles. The van der Waals surface area contributed by atoms with E-state index in [9.17, 15) is 9.18 Å². The largest absolute Gasteiger partial charge is 0.481 e. The van der Waals surface area contributed by atoms with Gasteiger partial charge in [-0.25, -0.2) is 14.4 Å². The van der Waals surface area contributed by atoms with Crippen LogP contribution in [0.2, 0.25) is 0 Å². The van der Waals surface area contributed by atoms with Gasteiger partial charge < -0.3 is 10.4 Å². The van der Waals surface area contributed by atoms with Crippen LogP contribution in [0.25, 0.3) is 0 Å². The number of aliphatic carboxylic acids is 1. The Morgan fingerprint density at radius 1 is 1.30 bits per heavy atom. The second kappa shape index (κ2) is 6.10. The summed E-state index contributed by atoms with van der Waals surface area (Å²) in [7, 11) is 0. The third-order valence-electron chi connectivity index (χ3n) is 2.87. The topological polar surface area (TPSA) is 75.1 Å². The van der Waals surface area contributed by atoms with Gasteiger partial charge in [-0.05, 0) is 18.1 Å². The fourth-order valence-corrected chi connectivity index (χ4v) is 1.83. The molecule has 1 aromatic carbocycles. The van der Waals surface area contributed by atoms with Crippen molar-refractivity contribution in [3.63, 3.8) is 0 Å². The summed E-state index contributed by atoms with van der Waals surface area (Å²) in [4.78, 5) is 18.4. The number of halogens is 1. The van der Waals surface area contributed by atoms with Gasteiger partial charge in [-0.2, -0.15) is 0 Å². The summed E-state index contributed by atoms with van der Waals surface area (Å²) in [5.41, 5.74) is 1.76. The Bertz CT molecular complexity index is 632. The fraction of sp³-hybridized carbons (Fsp3) is 0.214. The molecular formula is C14H14FN3O2. The van der Waals surface area contributed by atoms with Crippen LogP contribution in [-0.2, 0) is 17.8 Å². The van der Waals surface area contributed by atoms with E-state index >= 15 is 0 Å². The predicted octanol–water partition coefficient (Wildman–Crippen LogP) is 2.16. The fourth-order valence-electron chi connectivity index (χ4n) is 1.83. The van der Waals surface area contributed by atoms with Gasteiger partial charge in [0.25, 0.3) is 0 Å². The van der Waals surface area contributed by atoms with Crippen LogP contribution in [0, 0.1) is 12.7 Å². The quantitative estimate of drug-likeness (QED) is 0.874. The highest BCUT2D eigenvalue weighted by atomic mass is 19.1. The minimum Gasteiger partial charge on any atom is -0.481 e. The summed E-state index contributed by atoms with van der Waals surface area (Å²) in [5.74, 6) is -1.28. The molecule has 6 heteroatoms. The van der Waals surface area contributed by atoms with Gasteiger partial charge in [-0.15, -0.1) is 0 Å². The molecule has 104 valence electrons. The minimum absolute atomic E-state index is 0.0663. The molecule has 5 nitrogen and oxygen atoms in total. The number of carboxylic acids is 1. The van der Waals surface area contributed by atoms with E-state index < -0.39 is 11.8 Å². The Morgan fingerprint density at radius 3 is 2.70 bits per heavy atom. The van der Waals surface area contributed by atoms with E-state index in [2.05, 4.69) is 15.3 Å². The summed E-state index contributed by atoms with van der Waals surface area (Å²) in [5, 5.41) is 11.7. The molecule has 0 aliphatic carbocycles. The van der Waals surface area contributed by atoms with E-state index in [1.165, 1.54) is 6.33 Å². The highest BCUT2D eigenvalue weighted by Crippen LogP contribution is 2.15. The molecule has 0 fully saturated rings. The lowest BCUT2D eigenvalue weighted by Crippen LogP contribution is -2.09. The molecule has 0 saturated carbocycles. The van der Waals surface area contributed by atoms with E-state index in [0.717, 1.165) is 5.56 Å².